The minimum atomic E-state index is -0.855. The third-order valence-electron chi connectivity index (χ3n) is 3.76. The Labute approximate surface area is 138 Å². The van der Waals surface area contributed by atoms with Gasteiger partial charge in [0, 0.05) is 23.9 Å². The van der Waals surface area contributed by atoms with Gasteiger partial charge in [-0.1, -0.05) is 18.2 Å². The Balaban J connectivity index is 1.97. The molecule has 0 atom stereocenters. The van der Waals surface area contributed by atoms with Crippen LogP contribution in [0.4, 0.5) is 0 Å². The van der Waals surface area contributed by atoms with Crippen molar-refractivity contribution >= 4 is 22.7 Å². The molecular weight excluding hydrogens is 308 g/mol. The highest BCUT2D eigenvalue weighted by molar-refractivity contribution is 6.14. The molecule has 1 heterocycles. The fourth-order valence-corrected chi connectivity index (χ4v) is 2.60. The number of phenols is 1. The lowest BCUT2D eigenvalue weighted by atomic mass is 10.1. The summed E-state index contributed by atoms with van der Waals surface area (Å²) in [5.74, 6) is -0.995. The number of carboxylic acids is 1. The highest BCUT2D eigenvalue weighted by Crippen LogP contribution is 2.22. The Morgan fingerprint density at radius 3 is 2.46 bits per heavy atom. The lowest BCUT2D eigenvalue weighted by molar-refractivity contribution is -0.137. The molecule has 3 rings (SSSR count). The molecule has 0 saturated heterocycles. The number of aryl methyl sites for hydroxylation is 1. The molecule has 122 valence electrons. The molecule has 0 bridgehead atoms. The Morgan fingerprint density at radius 1 is 1.04 bits per heavy atom. The third kappa shape index (κ3) is 3.12. The van der Waals surface area contributed by atoms with Crippen LogP contribution in [0.2, 0.25) is 0 Å². The average molecular weight is 324 g/mol. The van der Waals surface area contributed by atoms with E-state index in [1.807, 2.05) is 24.3 Å². The topological polar surface area (TPSA) is 92.4 Å². The van der Waals surface area contributed by atoms with Gasteiger partial charge in [-0.2, -0.15) is 5.10 Å². The minimum absolute atomic E-state index is 0.0510. The van der Waals surface area contributed by atoms with Crippen molar-refractivity contribution < 1.29 is 19.8 Å². The summed E-state index contributed by atoms with van der Waals surface area (Å²) in [5.41, 5.74) is 1.56. The van der Waals surface area contributed by atoms with Crippen LogP contribution in [0, 0.1) is 0 Å². The van der Waals surface area contributed by atoms with Crippen molar-refractivity contribution in [1.82, 2.24) is 9.78 Å². The van der Waals surface area contributed by atoms with E-state index in [0.717, 1.165) is 10.9 Å². The van der Waals surface area contributed by atoms with Gasteiger partial charge in [0.05, 0.1) is 5.52 Å². The molecular formula is C18H16N2O4. The van der Waals surface area contributed by atoms with Gasteiger partial charge in [0.2, 0.25) is 5.78 Å². The SMILES string of the molecule is O=C(O)CCCn1nc(C(=O)c2ccc(O)cc2)c2ccccc21. The van der Waals surface area contributed by atoms with E-state index >= 15 is 0 Å². The zero-order valence-corrected chi connectivity index (χ0v) is 12.8. The number of hydrogen-bond acceptors (Lipinski definition) is 4. The number of benzene rings is 2. The summed E-state index contributed by atoms with van der Waals surface area (Å²) in [6.45, 7) is 0.426. The first-order valence-electron chi connectivity index (χ1n) is 7.57. The van der Waals surface area contributed by atoms with Crippen molar-refractivity contribution in [2.75, 3.05) is 0 Å². The van der Waals surface area contributed by atoms with Crippen LogP contribution in [0.1, 0.15) is 28.9 Å². The second kappa shape index (κ2) is 6.54. The highest BCUT2D eigenvalue weighted by Gasteiger charge is 2.18. The van der Waals surface area contributed by atoms with Gasteiger partial charge in [-0.15, -0.1) is 0 Å². The van der Waals surface area contributed by atoms with E-state index in [9.17, 15) is 14.7 Å². The first kappa shape index (κ1) is 15.7. The van der Waals surface area contributed by atoms with Crippen LogP contribution in [-0.2, 0) is 11.3 Å². The molecule has 0 aliphatic rings. The summed E-state index contributed by atoms with van der Waals surface area (Å²) < 4.78 is 1.67. The van der Waals surface area contributed by atoms with Gasteiger partial charge in [0.25, 0.3) is 0 Å². The Hall–Kier alpha value is -3.15. The normalized spacial score (nSPS) is 10.8. The standard InChI is InChI=1S/C18H16N2O4/c21-13-9-7-12(8-10-13)18(24)17-14-4-1-2-5-15(14)20(19-17)11-3-6-16(22)23/h1-2,4-5,7-10,21H,3,6,11H2,(H,22,23). The van der Waals surface area contributed by atoms with Gasteiger partial charge in [-0.25, -0.2) is 0 Å². The molecule has 3 aromatic rings. The Morgan fingerprint density at radius 2 is 1.75 bits per heavy atom. The van der Waals surface area contributed by atoms with Crippen LogP contribution in [0.5, 0.6) is 5.75 Å². The van der Waals surface area contributed by atoms with E-state index in [-0.39, 0.29) is 18.0 Å². The zero-order valence-electron chi connectivity index (χ0n) is 12.8. The molecule has 6 heteroatoms. The van der Waals surface area contributed by atoms with Gasteiger partial charge in [-0.3, -0.25) is 14.3 Å². The van der Waals surface area contributed by atoms with E-state index in [1.165, 1.54) is 12.1 Å². The lowest BCUT2D eigenvalue weighted by Crippen LogP contribution is -2.06. The molecule has 0 aliphatic carbocycles. The average Bonchev–Trinajstić information content (AvgIpc) is 2.94. The maximum atomic E-state index is 12.7. The molecule has 2 aromatic carbocycles. The first-order valence-corrected chi connectivity index (χ1v) is 7.57. The summed E-state index contributed by atoms with van der Waals surface area (Å²) in [6, 6.07) is 13.4. The fraction of sp³-hybridized carbons (Fsp3) is 0.167. The molecule has 0 radical (unpaired) electrons. The van der Waals surface area contributed by atoms with Crippen LogP contribution in [-0.4, -0.2) is 31.7 Å². The summed E-state index contributed by atoms with van der Waals surface area (Å²) in [6.07, 6.45) is 0.489. The van der Waals surface area contributed by atoms with Gasteiger partial charge < -0.3 is 10.2 Å². The highest BCUT2D eigenvalue weighted by atomic mass is 16.4. The monoisotopic (exact) mass is 324 g/mol. The quantitative estimate of drug-likeness (QED) is 0.680. The molecule has 0 aliphatic heterocycles. The van der Waals surface area contributed by atoms with E-state index in [0.29, 0.717) is 24.2 Å². The summed E-state index contributed by atoms with van der Waals surface area (Å²) >= 11 is 0. The second-order valence-electron chi connectivity index (χ2n) is 5.46. The van der Waals surface area contributed by atoms with Gasteiger partial charge in [-0.05, 0) is 36.8 Å². The number of nitrogens with zero attached hydrogens (tertiary/aromatic N) is 2. The number of carbonyl (C=O) groups is 2. The van der Waals surface area contributed by atoms with Gasteiger partial charge >= 0.3 is 5.97 Å². The number of ketones is 1. The maximum Gasteiger partial charge on any atom is 0.303 e. The number of carbonyl (C=O) groups excluding carboxylic acids is 1. The van der Waals surface area contributed by atoms with Crippen LogP contribution in [0.3, 0.4) is 0 Å². The van der Waals surface area contributed by atoms with Crippen molar-refractivity contribution in [2.45, 2.75) is 19.4 Å². The number of aromatic hydroxyl groups is 1. The largest absolute Gasteiger partial charge is 0.508 e. The van der Waals surface area contributed by atoms with Gasteiger partial charge in [0.15, 0.2) is 0 Å². The smallest absolute Gasteiger partial charge is 0.303 e. The van der Waals surface area contributed by atoms with Crippen LogP contribution in [0.15, 0.2) is 48.5 Å². The van der Waals surface area contributed by atoms with Crippen molar-refractivity contribution in [3.05, 3.63) is 59.8 Å². The summed E-state index contributed by atoms with van der Waals surface area (Å²) in [7, 11) is 0. The molecule has 0 saturated carbocycles. The van der Waals surface area contributed by atoms with E-state index in [2.05, 4.69) is 5.10 Å². The number of aliphatic carboxylic acids is 1. The lowest BCUT2D eigenvalue weighted by Gasteiger charge is -2.01. The summed E-state index contributed by atoms with van der Waals surface area (Å²) in [4.78, 5) is 23.4. The van der Waals surface area contributed by atoms with Crippen molar-refractivity contribution in [2.24, 2.45) is 0 Å². The molecule has 0 fully saturated rings. The maximum absolute atomic E-state index is 12.7. The number of rotatable bonds is 6. The second-order valence-corrected chi connectivity index (χ2v) is 5.46. The molecule has 0 spiro atoms. The van der Waals surface area contributed by atoms with Crippen molar-refractivity contribution in [3.63, 3.8) is 0 Å². The van der Waals surface area contributed by atoms with E-state index in [1.54, 1.807) is 16.8 Å². The fourth-order valence-electron chi connectivity index (χ4n) is 2.60. The number of carboxylic acid groups (broad SMARTS) is 1. The van der Waals surface area contributed by atoms with Crippen molar-refractivity contribution in [3.8, 4) is 5.75 Å². The number of hydrogen-bond donors (Lipinski definition) is 2. The van der Waals surface area contributed by atoms with Crippen LogP contribution in [0.25, 0.3) is 10.9 Å². The Kier molecular flexibility index (Phi) is 4.29. The van der Waals surface area contributed by atoms with Crippen LogP contribution < -0.4 is 0 Å². The molecule has 0 unspecified atom stereocenters. The minimum Gasteiger partial charge on any atom is -0.508 e. The molecule has 6 nitrogen and oxygen atoms in total. The predicted octanol–water partition coefficient (Wildman–Crippen LogP) is 2.84. The molecule has 24 heavy (non-hydrogen) atoms. The van der Waals surface area contributed by atoms with Crippen LogP contribution >= 0.6 is 0 Å². The zero-order chi connectivity index (χ0) is 17.1. The third-order valence-corrected chi connectivity index (χ3v) is 3.76. The molecule has 2 N–H and O–H groups in total. The number of aromatic nitrogens is 2. The summed E-state index contributed by atoms with van der Waals surface area (Å²) in [5, 5.41) is 23.2. The number of fused-ring (bicyclic) bond motifs is 1. The van der Waals surface area contributed by atoms with Crippen molar-refractivity contribution in [1.29, 1.82) is 0 Å². The predicted molar refractivity (Wildman–Crippen MR) is 88.1 cm³/mol. The van der Waals surface area contributed by atoms with E-state index in [4.69, 9.17) is 5.11 Å². The van der Waals surface area contributed by atoms with Gasteiger partial charge in [0.1, 0.15) is 11.4 Å². The molecule has 1 aromatic heterocycles. The Bertz CT molecular complexity index is 897. The molecule has 0 amide bonds. The first-order chi connectivity index (χ1) is 11.6. The number of para-hydroxylation sites is 1. The number of phenolic OH excluding ortho intramolecular Hbond substituents is 1. The van der Waals surface area contributed by atoms with E-state index < -0.39 is 5.97 Å².